The van der Waals surface area contributed by atoms with Crippen molar-refractivity contribution < 1.29 is 4.57 Å². The van der Waals surface area contributed by atoms with Gasteiger partial charge in [0.15, 0.2) is 5.82 Å². The van der Waals surface area contributed by atoms with Gasteiger partial charge in [0.25, 0.3) is 0 Å². The van der Waals surface area contributed by atoms with E-state index in [0.717, 1.165) is 5.82 Å². The maximum Gasteiger partial charge on any atom is 0.190 e. The van der Waals surface area contributed by atoms with Crippen molar-refractivity contribution in [2.75, 3.05) is 0 Å². The predicted molar refractivity (Wildman–Crippen MR) is 148 cm³/mol. The van der Waals surface area contributed by atoms with E-state index in [-0.39, 0.29) is 0 Å². The molecule has 182 valence electrons. The van der Waals surface area contributed by atoms with Crippen LogP contribution in [0.4, 0.5) is 0 Å². The predicted octanol–water partition coefficient (Wildman–Crippen LogP) is 8.71. The summed E-state index contributed by atoms with van der Waals surface area (Å²) in [5, 5.41) is 0. The van der Waals surface area contributed by atoms with Crippen LogP contribution in [-0.2, 0) is 0 Å². The van der Waals surface area contributed by atoms with Crippen LogP contribution in [0.15, 0.2) is 72.9 Å². The summed E-state index contributed by atoms with van der Waals surface area (Å²) in [4.78, 5) is 0. The summed E-state index contributed by atoms with van der Waals surface area (Å²) in [5.41, 5.74) is 9.19. The molecule has 1 heterocycles. The Morgan fingerprint density at radius 1 is 0.571 bits per heavy atom. The Kier molecular flexibility index (Phi) is 7.31. The van der Waals surface area contributed by atoms with Gasteiger partial charge in [0, 0.05) is 22.4 Å². The van der Waals surface area contributed by atoms with E-state index in [1.807, 2.05) is 0 Å². The molecule has 0 amide bonds. The van der Waals surface area contributed by atoms with Crippen molar-refractivity contribution in [3.63, 3.8) is 0 Å². The third-order valence-electron chi connectivity index (χ3n) is 6.94. The summed E-state index contributed by atoms with van der Waals surface area (Å²) in [6, 6.07) is 24.3. The van der Waals surface area contributed by atoms with E-state index >= 15 is 0 Å². The summed E-state index contributed by atoms with van der Waals surface area (Å²) >= 11 is 0. The van der Waals surface area contributed by atoms with Crippen LogP contribution in [0.1, 0.15) is 101 Å². The van der Waals surface area contributed by atoms with Gasteiger partial charge in [-0.25, -0.2) is 0 Å². The Bertz CT molecular complexity index is 1160. The van der Waals surface area contributed by atoms with Gasteiger partial charge in [-0.15, -0.1) is 0 Å². The van der Waals surface area contributed by atoms with Gasteiger partial charge in [0.1, 0.15) is 5.69 Å². The van der Waals surface area contributed by atoms with Crippen LogP contribution in [0.25, 0.3) is 22.8 Å². The zero-order valence-corrected chi connectivity index (χ0v) is 22.6. The first-order valence-corrected chi connectivity index (χ1v) is 13.1. The van der Waals surface area contributed by atoms with E-state index in [4.69, 9.17) is 0 Å². The first kappa shape index (κ1) is 25.0. The molecule has 0 fully saturated rings. The van der Waals surface area contributed by atoms with E-state index in [2.05, 4.69) is 144 Å². The van der Waals surface area contributed by atoms with Crippen LogP contribution < -0.4 is 4.57 Å². The fraction of sp³-hybridized carbons (Fsp3) is 0.364. The first-order chi connectivity index (χ1) is 16.7. The van der Waals surface area contributed by atoms with Gasteiger partial charge in [-0.1, -0.05) is 133 Å². The molecule has 0 saturated heterocycles. The van der Waals surface area contributed by atoms with Crippen molar-refractivity contribution in [3.05, 3.63) is 101 Å². The zero-order chi connectivity index (χ0) is 25.3. The second-order valence-electron chi connectivity index (χ2n) is 10.8. The number of hydrogen-bond donors (Lipinski definition) is 0. The SMILES string of the molecule is CC(C)c1cccc(C(C)C)c1-n1c[c-][n+](-c2c(C(C)C)cccc2C(C)C)c1-c1ccccc1. The third kappa shape index (κ3) is 4.72. The molecule has 0 N–H and O–H groups in total. The Labute approximate surface area is 212 Å². The second kappa shape index (κ2) is 10.2. The zero-order valence-electron chi connectivity index (χ0n) is 22.6. The van der Waals surface area contributed by atoms with Crippen LogP contribution in [-0.4, -0.2) is 4.57 Å². The highest BCUT2D eigenvalue weighted by molar-refractivity contribution is 5.61. The van der Waals surface area contributed by atoms with Gasteiger partial charge in [-0.2, -0.15) is 0 Å². The van der Waals surface area contributed by atoms with Crippen molar-refractivity contribution >= 4 is 0 Å². The first-order valence-electron chi connectivity index (χ1n) is 13.1. The van der Waals surface area contributed by atoms with Crippen LogP contribution in [0.5, 0.6) is 0 Å². The maximum absolute atomic E-state index is 3.69. The highest BCUT2D eigenvalue weighted by Gasteiger charge is 2.25. The summed E-state index contributed by atoms with van der Waals surface area (Å²) in [7, 11) is 0. The van der Waals surface area contributed by atoms with Crippen molar-refractivity contribution in [2.24, 2.45) is 0 Å². The Balaban J connectivity index is 2.15. The quantitative estimate of drug-likeness (QED) is 0.191. The second-order valence-corrected chi connectivity index (χ2v) is 10.8. The summed E-state index contributed by atoms with van der Waals surface area (Å²) in [6.07, 6.45) is 5.84. The summed E-state index contributed by atoms with van der Waals surface area (Å²) < 4.78 is 4.71. The average Bonchev–Trinajstić information content (AvgIpc) is 3.27. The lowest BCUT2D eigenvalue weighted by atomic mass is 9.92. The topological polar surface area (TPSA) is 8.81 Å². The molecule has 0 saturated carbocycles. The number of nitrogens with zero attached hydrogens (tertiary/aromatic N) is 2. The van der Waals surface area contributed by atoms with E-state index in [1.54, 1.807) is 0 Å². The fourth-order valence-corrected chi connectivity index (χ4v) is 5.10. The molecule has 2 nitrogen and oxygen atoms in total. The number of aromatic nitrogens is 2. The minimum atomic E-state index is 0.408. The molecule has 0 atom stereocenters. The van der Waals surface area contributed by atoms with Crippen molar-refractivity contribution in [2.45, 2.75) is 79.1 Å². The minimum absolute atomic E-state index is 0.408. The van der Waals surface area contributed by atoms with Crippen LogP contribution in [0.3, 0.4) is 0 Å². The Morgan fingerprint density at radius 3 is 1.49 bits per heavy atom. The Morgan fingerprint density at radius 2 is 1.03 bits per heavy atom. The van der Waals surface area contributed by atoms with Gasteiger partial charge in [0.05, 0.1) is 12.4 Å². The molecule has 3 aromatic carbocycles. The standard InChI is InChI=1S/C33H40N2/c1-22(2)27-16-12-17-28(23(3)4)31(27)34-20-21-35(33(34)26-14-10-9-11-15-26)32-29(24(5)6)18-13-19-30(32)25(7)8/h9-20,22-25H,1-8H3. The molecule has 0 bridgehead atoms. The lowest BCUT2D eigenvalue weighted by molar-refractivity contribution is -0.588. The number of para-hydroxylation sites is 2. The van der Waals surface area contributed by atoms with Crippen LogP contribution >= 0.6 is 0 Å². The summed E-state index contributed by atoms with van der Waals surface area (Å²) in [5.74, 6) is 2.79. The van der Waals surface area contributed by atoms with Gasteiger partial charge in [-0.05, 0) is 23.7 Å². The Hall–Kier alpha value is -3.13. The van der Waals surface area contributed by atoms with Gasteiger partial charge in [0.2, 0.25) is 0 Å². The highest BCUT2D eigenvalue weighted by Crippen LogP contribution is 2.35. The molecule has 35 heavy (non-hydrogen) atoms. The van der Waals surface area contributed by atoms with E-state index in [0.29, 0.717) is 23.7 Å². The van der Waals surface area contributed by atoms with Crippen molar-refractivity contribution in [1.29, 1.82) is 0 Å². The molecular formula is C33H40N2. The number of benzene rings is 3. The molecule has 0 aliphatic rings. The molecule has 0 aliphatic heterocycles. The van der Waals surface area contributed by atoms with Crippen molar-refractivity contribution in [1.82, 2.24) is 4.57 Å². The third-order valence-corrected chi connectivity index (χ3v) is 6.94. The van der Waals surface area contributed by atoms with E-state index < -0.39 is 0 Å². The molecule has 0 unspecified atom stereocenters. The lowest BCUT2D eigenvalue weighted by Gasteiger charge is -2.25. The number of rotatable bonds is 7. The van der Waals surface area contributed by atoms with Gasteiger partial charge < -0.3 is 4.57 Å². The molecule has 4 rings (SSSR count). The number of imidazole rings is 1. The lowest BCUT2D eigenvalue weighted by Crippen LogP contribution is -2.35. The largest absolute Gasteiger partial charge is 0.355 e. The molecule has 4 aromatic rings. The highest BCUT2D eigenvalue weighted by atomic mass is 15.2. The normalized spacial score (nSPS) is 11.9. The molecular weight excluding hydrogens is 424 g/mol. The smallest absolute Gasteiger partial charge is 0.190 e. The van der Waals surface area contributed by atoms with Crippen molar-refractivity contribution in [3.8, 4) is 22.8 Å². The van der Waals surface area contributed by atoms with Crippen LogP contribution in [0, 0.1) is 6.20 Å². The van der Waals surface area contributed by atoms with Gasteiger partial charge in [-0.3, -0.25) is 4.57 Å². The molecule has 1 aromatic heterocycles. The molecule has 0 aliphatic carbocycles. The average molecular weight is 465 g/mol. The molecule has 2 heteroatoms. The maximum atomic E-state index is 3.69. The van der Waals surface area contributed by atoms with Gasteiger partial charge >= 0.3 is 0 Å². The summed E-state index contributed by atoms with van der Waals surface area (Å²) in [6.45, 7) is 18.3. The minimum Gasteiger partial charge on any atom is -0.355 e. The van der Waals surface area contributed by atoms with E-state index in [9.17, 15) is 0 Å². The number of hydrogen-bond acceptors (Lipinski definition) is 0. The van der Waals surface area contributed by atoms with Crippen LogP contribution in [0.2, 0.25) is 0 Å². The monoisotopic (exact) mass is 464 g/mol. The van der Waals surface area contributed by atoms with E-state index in [1.165, 1.54) is 39.2 Å². The fourth-order valence-electron chi connectivity index (χ4n) is 5.10. The molecule has 0 spiro atoms. The molecule has 0 radical (unpaired) electrons.